The Labute approximate surface area is 88.7 Å². The fourth-order valence-electron chi connectivity index (χ4n) is 3.81. The molecule has 3 rings (SSSR count). The fraction of sp³-hybridized carbons (Fsp3) is 1.00. The van der Waals surface area contributed by atoms with Gasteiger partial charge in [0.25, 0.3) is 0 Å². The maximum Gasteiger partial charge on any atom is 0.0179 e. The Hall–Kier alpha value is -0.0400. The van der Waals surface area contributed by atoms with Crippen molar-refractivity contribution in [2.75, 3.05) is 7.05 Å². The van der Waals surface area contributed by atoms with Gasteiger partial charge >= 0.3 is 0 Å². The molecular weight excluding hydrogens is 170 g/mol. The van der Waals surface area contributed by atoms with Crippen molar-refractivity contribution in [3.8, 4) is 0 Å². The van der Waals surface area contributed by atoms with E-state index >= 15 is 0 Å². The lowest BCUT2D eigenvalue weighted by Gasteiger charge is -2.54. The van der Waals surface area contributed by atoms with Gasteiger partial charge in [0.15, 0.2) is 0 Å². The molecule has 0 aromatic rings. The van der Waals surface area contributed by atoms with Crippen LogP contribution in [0, 0.1) is 11.3 Å². The first-order chi connectivity index (χ1) is 6.60. The van der Waals surface area contributed by atoms with Crippen molar-refractivity contribution in [3.05, 3.63) is 0 Å². The number of rotatable bonds is 3. The number of hydrogen-bond acceptors (Lipinski definition) is 1. The lowest BCUT2D eigenvalue weighted by Crippen LogP contribution is -2.53. The van der Waals surface area contributed by atoms with Crippen LogP contribution >= 0.6 is 0 Å². The molecule has 3 fully saturated rings. The predicted molar refractivity (Wildman–Crippen MR) is 61.4 cm³/mol. The maximum atomic E-state index is 3.58. The van der Waals surface area contributed by atoms with Crippen LogP contribution in [-0.2, 0) is 0 Å². The van der Waals surface area contributed by atoms with Crippen molar-refractivity contribution in [1.82, 2.24) is 5.32 Å². The first-order valence-corrected chi connectivity index (χ1v) is 6.29. The maximum absolute atomic E-state index is 3.58. The van der Waals surface area contributed by atoms with Crippen LogP contribution in [0.15, 0.2) is 0 Å². The van der Waals surface area contributed by atoms with Crippen LogP contribution in [0.2, 0.25) is 0 Å². The van der Waals surface area contributed by atoms with Gasteiger partial charge in [-0.15, -0.1) is 0 Å². The van der Waals surface area contributed by atoms with Crippen molar-refractivity contribution in [3.63, 3.8) is 0 Å². The summed E-state index contributed by atoms with van der Waals surface area (Å²) in [6, 6.07) is 0. The van der Waals surface area contributed by atoms with Gasteiger partial charge in [-0.25, -0.2) is 0 Å². The Morgan fingerprint density at radius 1 is 1.00 bits per heavy atom. The van der Waals surface area contributed by atoms with E-state index in [1.165, 1.54) is 44.9 Å². The standard InChI is InChI=1S/C13H25N/c1-11(2)10-12-4-7-13(14-3,8-5-12)9-6-12/h11,14H,4-10H2,1-3H3. The van der Waals surface area contributed by atoms with Gasteiger partial charge in [-0.05, 0) is 63.3 Å². The van der Waals surface area contributed by atoms with E-state index in [4.69, 9.17) is 0 Å². The predicted octanol–water partition coefficient (Wildman–Crippen LogP) is 3.34. The quantitative estimate of drug-likeness (QED) is 0.728. The molecule has 1 heteroatoms. The molecule has 0 radical (unpaired) electrons. The van der Waals surface area contributed by atoms with Gasteiger partial charge in [0.2, 0.25) is 0 Å². The van der Waals surface area contributed by atoms with Crippen molar-refractivity contribution < 1.29 is 0 Å². The zero-order chi connectivity index (χ0) is 10.2. The minimum Gasteiger partial charge on any atom is -0.314 e. The number of hydrogen-bond donors (Lipinski definition) is 1. The largest absolute Gasteiger partial charge is 0.314 e. The van der Waals surface area contributed by atoms with Gasteiger partial charge in [-0.3, -0.25) is 0 Å². The normalized spacial score (nSPS) is 42.0. The third-order valence-electron chi connectivity index (χ3n) is 4.77. The SMILES string of the molecule is CNC12CCC(CC(C)C)(CC1)CC2. The number of nitrogens with one attached hydrogen (secondary N) is 1. The highest BCUT2D eigenvalue weighted by atomic mass is 15.0. The first kappa shape index (κ1) is 10.5. The summed E-state index contributed by atoms with van der Waals surface area (Å²) in [5.41, 5.74) is 1.28. The molecule has 3 aliphatic rings. The molecule has 2 bridgehead atoms. The van der Waals surface area contributed by atoms with Crippen LogP contribution in [0.3, 0.4) is 0 Å². The Morgan fingerprint density at radius 3 is 1.86 bits per heavy atom. The third-order valence-corrected chi connectivity index (χ3v) is 4.77. The van der Waals surface area contributed by atoms with Gasteiger partial charge in [-0.2, -0.15) is 0 Å². The van der Waals surface area contributed by atoms with E-state index in [0.717, 1.165) is 11.3 Å². The van der Waals surface area contributed by atoms with Crippen LogP contribution in [0.1, 0.15) is 58.8 Å². The summed E-state index contributed by atoms with van der Waals surface area (Å²) in [6.07, 6.45) is 10.2. The molecule has 1 N–H and O–H groups in total. The summed E-state index contributed by atoms with van der Waals surface area (Å²) in [6.45, 7) is 4.76. The second kappa shape index (κ2) is 3.52. The van der Waals surface area contributed by atoms with Gasteiger partial charge in [0.05, 0.1) is 0 Å². The minimum atomic E-state index is 0.540. The lowest BCUT2D eigenvalue weighted by molar-refractivity contribution is 0.0122. The van der Waals surface area contributed by atoms with Crippen LogP contribution < -0.4 is 5.32 Å². The average molecular weight is 195 g/mol. The molecule has 0 unspecified atom stereocenters. The summed E-state index contributed by atoms with van der Waals surface area (Å²) >= 11 is 0. The molecule has 3 aliphatic carbocycles. The highest BCUT2D eigenvalue weighted by Crippen LogP contribution is 2.54. The molecule has 3 saturated carbocycles. The van der Waals surface area contributed by atoms with E-state index in [9.17, 15) is 0 Å². The van der Waals surface area contributed by atoms with Gasteiger partial charge in [-0.1, -0.05) is 13.8 Å². The summed E-state index contributed by atoms with van der Waals surface area (Å²) in [5, 5.41) is 3.58. The third kappa shape index (κ3) is 1.71. The van der Waals surface area contributed by atoms with E-state index in [1.54, 1.807) is 0 Å². The highest BCUT2D eigenvalue weighted by Gasteiger charge is 2.47. The Kier molecular flexibility index (Phi) is 2.63. The second-order valence-electron chi connectivity index (χ2n) is 6.13. The van der Waals surface area contributed by atoms with Gasteiger partial charge < -0.3 is 5.32 Å². The Bertz CT molecular complexity index is 183. The molecule has 0 aromatic carbocycles. The summed E-state index contributed by atoms with van der Waals surface area (Å²) in [5.74, 6) is 0.884. The van der Waals surface area contributed by atoms with Crippen molar-refractivity contribution >= 4 is 0 Å². The molecule has 0 heterocycles. The molecule has 0 amide bonds. The van der Waals surface area contributed by atoms with Crippen LogP contribution in [-0.4, -0.2) is 12.6 Å². The van der Waals surface area contributed by atoms with Crippen LogP contribution in [0.4, 0.5) is 0 Å². The fourth-order valence-corrected chi connectivity index (χ4v) is 3.81. The Morgan fingerprint density at radius 2 is 1.50 bits per heavy atom. The zero-order valence-corrected chi connectivity index (χ0v) is 10.0. The van der Waals surface area contributed by atoms with Gasteiger partial charge in [0.1, 0.15) is 0 Å². The van der Waals surface area contributed by atoms with Crippen molar-refractivity contribution in [2.24, 2.45) is 11.3 Å². The molecule has 0 spiro atoms. The molecule has 1 nitrogen and oxygen atoms in total. The second-order valence-corrected chi connectivity index (χ2v) is 6.13. The van der Waals surface area contributed by atoms with E-state index < -0.39 is 0 Å². The van der Waals surface area contributed by atoms with E-state index in [0.29, 0.717) is 5.54 Å². The summed E-state index contributed by atoms with van der Waals surface area (Å²) in [4.78, 5) is 0. The summed E-state index contributed by atoms with van der Waals surface area (Å²) < 4.78 is 0. The monoisotopic (exact) mass is 195 g/mol. The molecule has 0 atom stereocenters. The Balaban J connectivity index is 2.01. The molecule has 0 saturated heterocycles. The molecule has 0 aliphatic heterocycles. The first-order valence-electron chi connectivity index (χ1n) is 6.29. The molecule has 0 aromatic heterocycles. The topological polar surface area (TPSA) is 12.0 Å². The van der Waals surface area contributed by atoms with Gasteiger partial charge in [0, 0.05) is 5.54 Å². The van der Waals surface area contributed by atoms with E-state index in [2.05, 4.69) is 26.2 Å². The van der Waals surface area contributed by atoms with Crippen molar-refractivity contribution in [2.45, 2.75) is 64.3 Å². The van der Waals surface area contributed by atoms with Crippen LogP contribution in [0.25, 0.3) is 0 Å². The van der Waals surface area contributed by atoms with E-state index in [1.807, 2.05) is 0 Å². The molecule has 14 heavy (non-hydrogen) atoms. The number of fused-ring (bicyclic) bond motifs is 3. The average Bonchev–Trinajstić information content (AvgIpc) is 2.19. The van der Waals surface area contributed by atoms with E-state index in [-0.39, 0.29) is 0 Å². The zero-order valence-electron chi connectivity index (χ0n) is 10.0. The van der Waals surface area contributed by atoms with Crippen LogP contribution in [0.5, 0.6) is 0 Å². The summed E-state index contributed by atoms with van der Waals surface area (Å²) in [7, 11) is 2.15. The van der Waals surface area contributed by atoms with Crippen molar-refractivity contribution in [1.29, 1.82) is 0 Å². The minimum absolute atomic E-state index is 0.540. The lowest BCUT2D eigenvalue weighted by atomic mass is 9.55. The highest BCUT2D eigenvalue weighted by molar-refractivity contribution is 5.03. The smallest absolute Gasteiger partial charge is 0.0179 e. The molecule has 82 valence electrons. The molecular formula is C13H25N.